The molecule has 6 nitrogen and oxygen atoms in total. The zero-order chi connectivity index (χ0) is 14.7. The van der Waals surface area contributed by atoms with Crippen molar-refractivity contribution in [3.05, 3.63) is 0 Å². The summed E-state index contributed by atoms with van der Waals surface area (Å²) in [5.41, 5.74) is -2.57. The van der Waals surface area contributed by atoms with Gasteiger partial charge in [0.25, 0.3) is 0 Å². The van der Waals surface area contributed by atoms with Crippen LogP contribution in [-0.2, 0) is 14.3 Å². The van der Waals surface area contributed by atoms with E-state index in [2.05, 4.69) is 10.1 Å². The van der Waals surface area contributed by atoms with Crippen molar-refractivity contribution in [3.8, 4) is 0 Å². The van der Waals surface area contributed by atoms with Gasteiger partial charge in [-0.1, -0.05) is 0 Å². The van der Waals surface area contributed by atoms with Crippen LogP contribution >= 0.6 is 0 Å². The second-order valence-corrected chi connectivity index (χ2v) is 4.33. The van der Waals surface area contributed by atoms with Gasteiger partial charge in [-0.3, -0.25) is 4.79 Å². The monoisotopic (exact) mass is 284 g/mol. The second kappa shape index (κ2) is 5.74. The summed E-state index contributed by atoms with van der Waals surface area (Å²) >= 11 is 0. The number of rotatable bonds is 5. The molecule has 19 heavy (non-hydrogen) atoms. The van der Waals surface area contributed by atoms with Crippen LogP contribution in [0.25, 0.3) is 0 Å². The van der Waals surface area contributed by atoms with Crippen LogP contribution in [0.5, 0.6) is 0 Å². The van der Waals surface area contributed by atoms with Gasteiger partial charge in [-0.25, -0.2) is 4.79 Å². The minimum Gasteiger partial charge on any atom is -0.480 e. The van der Waals surface area contributed by atoms with E-state index in [0.29, 0.717) is 0 Å². The van der Waals surface area contributed by atoms with Crippen LogP contribution in [-0.4, -0.2) is 56.0 Å². The first kappa shape index (κ1) is 15.7. The van der Waals surface area contributed by atoms with Gasteiger partial charge >= 0.3 is 12.1 Å². The van der Waals surface area contributed by atoms with Crippen LogP contribution in [0, 0.1) is 5.41 Å². The van der Waals surface area contributed by atoms with E-state index in [1.54, 1.807) is 0 Å². The zero-order valence-electron chi connectivity index (χ0n) is 10.2. The second-order valence-electron chi connectivity index (χ2n) is 4.33. The Hall–Kier alpha value is -1.35. The molecule has 1 rings (SSSR count). The van der Waals surface area contributed by atoms with Crippen molar-refractivity contribution in [3.63, 3.8) is 0 Å². The van der Waals surface area contributed by atoms with Crippen LogP contribution in [0.3, 0.4) is 0 Å². The summed E-state index contributed by atoms with van der Waals surface area (Å²) in [7, 11) is 1.19. The number of carbonyl (C=O) groups excluding carboxylic acids is 1. The van der Waals surface area contributed by atoms with Gasteiger partial charge in [-0.2, -0.15) is 13.2 Å². The summed E-state index contributed by atoms with van der Waals surface area (Å²) in [5, 5.41) is 13.2. The number of halogens is 3. The Kier molecular flexibility index (Phi) is 4.75. The van der Waals surface area contributed by atoms with Gasteiger partial charge in [0.15, 0.2) is 11.5 Å². The Balaban J connectivity index is 2.87. The van der Waals surface area contributed by atoms with Crippen LogP contribution in [0.15, 0.2) is 0 Å². The Labute approximate surface area is 107 Å². The van der Waals surface area contributed by atoms with E-state index in [1.165, 1.54) is 7.11 Å². The van der Waals surface area contributed by atoms with E-state index in [9.17, 15) is 22.8 Å². The van der Waals surface area contributed by atoms with E-state index in [0.717, 1.165) is 0 Å². The number of hydrogen-bond donors (Lipinski definition) is 3. The lowest BCUT2D eigenvalue weighted by Crippen LogP contribution is -2.56. The molecule has 1 fully saturated rings. The highest BCUT2D eigenvalue weighted by Crippen LogP contribution is 2.43. The number of alkyl halides is 3. The molecule has 3 N–H and O–H groups in total. The SMILES string of the molecule is COCC(NC(=O)C1(C(F)(F)F)CCNC1)C(=O)O. The zero-order valence-corrected chi connectivity index (χ0v) is 10.2. The largest absolute Gasteiger partial charge is 0.480 e. The molecule has 9 heteroatoms. The van der Waals surface area contributed by atoms with Crippen LogP contribution in [0.4, 0.5) is 13.2 Å². The molecule has 0 aromatic carbocycles. The first-order valence-electron chi connectivity index (χ1n) is 5.55. The first-order valence-corrected chi connectivity index (χ1v) is 5.55. The number of carboxylic acid groups (broad SMARTS) is 1. The third-order valence-electron chi connectivity index (χ3n) is 3.07. The maximum atomic E-state index is 13.0. The normalized spacial score (nSPS) is 25.1. The van der Waals surface area contributed by atoms with Gasteiger partial charge in [0.2, 0.25) is 5.91 Å². The van der Waals surface area contributed by atoms with E-state index in [-0.39, 0.29) is 6.54 Å². The molecule has 0 radical (unpaired) electrons. The van der Waals surface area contributed by atoms with Crippen LogP contribution in [0.2, 0.25) is 0 Å². The number of hydrogen-bond acceptors (Lipinski definition) is 4. The molecular formula is C10H15F3N2O4. The highest BCUT2D eigenvalue weighted by molar-refractivity contribution is 5.88. The van der Waals surface area contributed by atoms with Crippen LogP contribution < -0.4 is 10.6 Å². The lowest BCUT2D eigenvalue weighted by atomic mass is 9.85. The highest BCUT2D eigenvalue weighted by Gasteiger charge is 2.61. The van der Waals surface area contributed by atoms with Crippen LogP contribution in [0.1, 0.15) is 6.42 Å². The number of amides is 1. The van der Waals surface area contributed by atoms with E-state index in [1.807, 2.05) is 5.32 Å². The van der Waals surface area contributed by atoms with Gasteiger partial charge < -0.3 is 20.5 Å². The Morgan fingerprint density at radius 3 is 2.53 bits per heavy atom. The van der Waals surface area contributed by atoms with Gasteiger partial charge in [0.1, 0.15) is 0 Å². The van der Waals surface area contributed by atoms with Crippen molar-refractivity contribution in [1.82, 2.24) is 10.6 Å². The topological polar surface area (TPSA) is 87.7 Å². The summed E-state index contributed by atoms with van der Waals surface area (Å²) < 4.78 is 43.6. The Bertz CT molecular complexity index is 353. The summed E-state index contributed by atoms with van der Waals surface area (Å²) in [6, 6.07) is -1.50. The Morgan fingerprint density at radius 2 is 2.16 bits per heavy atom. The predicted octanol–water partition coefficient (Wildman–Crippen LogP) is -0.256. The predicted molar refractivity (Wildman–Crippen MR) is 57.4 cm³/mol. The van der Waals surface area contributed by atoms with Crippen molar-refractivity contribution in [2.45, 2.75) is 18.6 Å². The molecule has 0 saturated carbocycles. The standard InChI is InChI=1S/C10H15F3N2O4/c1-19-4-6(7(16)17)15-8(18)9(10(11,12)13)2-3-14-5-9/h6,14H,2-5H2,1H3,(H,15,18)(H,16,17). The maximum Gasteiger partial charge on any atom is 0.404 e. The molecule has 0 aliphatic carbocycles. The lowest BCUT2D eigenvalue weighted by molar-refractivity contribution is -0.216. The molecule has 0 aromatic heterocycles. The molecule has 110 valence electrons. The fourth-order valence-corrected chi connectivity index (χ4v) is 1.89. The van der Waals surface area contributed by atoms with Gasteiger partial charge in [-0.15, -0.1) is 0 Å². The maximum absolute atomic E-state index is 13.0. The van der Waals surface area contributed by atoms with Crippen molar-refractivity contribution in [1.29, 1.82) is 0 Å². The molecule has 1 amide bonds. The molecular weight excluding hydrogens is 269 g/mol. The van der Waals surface area contributed by atoms with Crippen molar-refractivity contribution < 1.29 is 32.6 Å². The smallest absolute Gasteiger partial charge is 0.404 e. The number of carboxylic acids is 1. The van der Waals surface area contributed by atoms with E-state index >= 15 is 0 Å². The summed E-state index contributed by atoms with van der Waals surface area (Å²) in [4.78, 5) is 22.6. The molecule has 1 saturated heterocycles. The van der Waals surface area contributed by atoms with Crippen molar-refractivity contribution in [2.24, 2.45) is 5.41 Å². The fraction of sp³-hybridized carbons (Fsp3) is 0.800. The Morgan fingerprint density at radius 1 is 1.53 bits per heavy atom. The lowest BCUT2D eigenvalue weighted by Gasteiger charge is -2.30. The number of aliphatic carboxylic acids is 1. The average molecular weight is 284 g/mol. The van der Waals surface area contributed by atoms with E-state index in [4.69, 9.17) is 5.11 Å². The number of ether oxygens (including phenoxy) is 1. The number of nitrogens with one attached hydrogen (secondary N) is 2. The average Bonchev–Trinajstić information content (AvgIpc) is 2.77. The minimum absolute atomic E-state index is 0.0505. The van der Waals surface area contributed by atoms with Gasteiger partial charge in [0.05, 0.1) is 6.61 Å². The molecule has 2 unspecified atom stereocenters. The molecule has 0 bridgehead atoms. The quantitative estimate of drug-likeness (QED) is 0.647. The number of carbonyl (C=O) groups is 2. The van der Waals surface area contributed by atoms with Crippen molar-refractivity contribution in [2.75, 3.05) is 26.8 Å². The molecule has 1 aliphatic rings. The number of methoxy groups -OCH3 is 1. The summed E-state index contributed by atoms with van der Waals surface area (Å²) in [6.45, 7) is -0.904. The molecule has 1 aliphatic heterocycles. The molecule has 0 aromatic rings. The molecule has 2 atom stereocenters. The van der Waals surface area contributed by atoms with Gasteiger partial charge in [0, 0.05) is 13.7 Å². The fourth-order valence-electron chi connectivity index (χ4n) is 1.89. The van der Waals surface area contributed by atoms with Crippen molar-refractivity contribution >= 4 is 11.9 Å². The molecule has 1 heterocycles. The first-order chi connectivity index (χ1) is 8.74. The summed E-state index contributed by atoms with van der Waals surface area (Å²) in [5.74, 6) is -2.78. The third-order valence-corrected chi connectivity index (χ3v) is 3.07. The van der Waals surface area contributed by atoms with Gasteiger partial charge in [-0.05, 0) is 13.0 Å². The third kappa shape index (κ3) is 3.16. The molecule has 0 spiro atoms. The van der Waals surface area contributed by atoms with E-state index < -0.39 is 49.1 Å². The summed E-state index contributed by atoms with van der Waals surface area (Å²) in [6.07, 6.45) is -5.15. The highest BCUT2D eigenvalue weighted by atomic mass is 19.4. The minimum atomic E-state index is -4.74.